The molecule has 96 valence electrons. The van der Waals surface area contributed by atoms with Crippen LogP contribution in [0.1, 0.15) is 0 Å². The first kappa shape index (κ1) is 12.7. The summed E-state index contributed by atoms with van der Waals surface area (Å²) >= 11 is 5.86. The fourth-order valence-corrected chi connectivity index (χ4v) is 1.39. The van der Waals surface area contributed by atoms with Gasteiger partial charge in [0, 0.05) is 20.7 Å². The molecule has 0 aromatic carbocycles. The van der Waals surface area contributed by atoms with Crippen LogP contribution in [0.15, 0.2) is 12.7 Å². The predicted octanol–water partition coefficient (Wildman–Crippen LogP) is 0.188. The molecule has 8 nitrogen and oxygen atoms in total. The third-order valence-electron chi connectivity index (χ3n) is 2.18. The number of hydrogen-bond donors (Lipinski definition) is 0. The summed E-state index contributed by atoms with van der Waals surface area (Å²) in [4.78, 5) is 17.9. The van der Waals surface area contributed by atoms with Gasteiger partial charge < -0.3 is 9.64 Å². The molecule has 0 amide bonds. The van der Waals surface area contributed by atoms with Crippen molar-refractivity contribution in [2.45, 2.75) is 0 Å². The largest absolute Gasteiger partial charge is 0.383 e. The number of aromatic nitrogens is 6. The molecule has 0 aliphatic heterocycles. The zero-order valence-corrected chi connectivity index (χ0v) is 10.7. The molecule has 0 aliphatic rings. The molecule has 9 heteroatoms. The zero-order chi connectivity index (χ0) is 13.0. The van der Waals surface area contributed by atoms with Gasteiger partial charge in [0.05, 0.1) is 6.61 Å². The van der Waals surface area contributed by atoms with E-state index >= 15 is 0 Å². The minimum atomic E-state index is 0.106. The Morgan fingerprint density at radius 3 is 2.89 bits per heavy atom. The average Bonchev–Trinajstić information content (AvgIpc) is 2.89. The number of halogens is 1. The topological polar surface area (TPSA) is 81.9 Å². The maximum Gasteiger partial charge on any atom is 0.258 e. The van der Waals surface area contributed by atoms with E-state index in [0.29, 0.717) is 25.0 Å². The molecular weight excluding hydrogens is 258 g/mol. The van der Waals surface area contributed by atoms with Gasteiger partial charge in [-0.25, -0.2) is 4.98 Å². The smallest absolute Gasteiger partial charge is 0.258 e. The van der Waals surface area contributed by atoms with Gasteiger partial charge in [0.25, 0.3) is 5.95 Å². The van der Waals surface area contributed by atoms with Crippen LogP contribution in [0.3, 0.4) is 0 Å². The van der Waals surface area contributed by atoms with Crippen molar-refractivity contribution in [3.05, 3.63) is 17.9 Å². The fraction of sp³-hybridized carbons (Fsp3) is 0.444. The minimum Gasteiger partial charge on any atom is -0.383 e. The summed E-state index contributed by atoms with van der Waals surface area (Å²) in [5.41, 5.74) is 0. The van der Waals surface area contributed by atoms with Crippen molar-refractivity contribution in [1.29, 1.82) is 0 Å². The lowest BCUT2D eigenvalue weighted by Crippen LogP contribution is -2.25. The van der Waals surface area contributed by atoms with Crippen LogP contribution in [0.2, 0.25) is 5.28 Å². The number of likely N-dealkylation sites (N-methyl/N-ethyl adjacent to an activating group) is 1. The summed E-state index contributed by atoms with van der Waals surface area (Å²) in [5, 5.41) is 4.05. The van der Waals surface area contributed by atoms with Crippen LogP contribution in [-0.4, -0.2) is 57.0 Å². The van der Waals surface area contributed by atoms with Crippen LogP contribution >= 0.6 is 11.6 Å². The molecule has 0 radical (unpaired) electrons. The number of ether oxygens (including phenoxy) is 1. The third-order valence-corrected chi connectivity index (χ3v) is 2.35. The Kier molecular flexibility index (Phi) is 4.00. The Bertz CT molecular complexity index is 504. The zero-order valence-electron chi connectivity index (χ0n) is 9.99. The normalized spacial score (nSPS) is 10.6. The van der Waals surface area contributed by atoms with Gasteiger partial charge in [-0.2, -0.15) is 24.7 Å². The summed E-state index contributed by atoms with van der Waals surface area (Å²) in [6.45, 7) is 1.21. The Hall–Kier alpha value is -1.80. The Morgan fingerprint density at radius 2 is 2.22 bits per heavy atom. The van der Waals surface area contributed by atoms with E-state index in [1.54, 1.807) is 7.11 Å². The van der Waals surface area contributed by atoms with Crippen LogP contribution in [-0.2, 0) is 4.74 Å². The SMILES string of the molecule is COCCN(C)c1nc(Cl)nc(-n2cncn2)n1. The molecule has 0 unspecified atom stereocenters. The Morgan fingerprint density at radius 1 is 1.39 bits per heavy atom. The van der Waals surface area contributed by atoms with E-state index in [0.717, 1.165) is 0 Å². The molecule has 2 heterocycles. The highest BCUT2D eigenvalue weighted by Crippen LogP contribution is 2.11. The monoisotopic (exact) mass is 269 g/mol. The number of nitrogens with zero attached hydrogens (tertiary/aromatic N) is 7. The average molecular weight is 270 g/mol. The maximum atomic E-state index is 5.86. The molecule has 0 fully saturated rings. The first-order chi connectivity index (χ1) is 8.70. The van der Waals surface area contributed by atoms with Crippen LogP contribution in [0, 0.1) is 0 Å². The van der Waals surface area contributed by atoms with E-state index < -0.39 is 0 Å². The number of rotatable bonds is 5. The summed E-state index contributed by atoms with van der Waals surface area (Å²) < 4.78 is 6.41. The molecule has 0 N–H and O–H groups in total. The van der Waals surface area contributed by atoms with Crippen LogP contribution < -0.4 is 4.90 Å². The number of hydrogen-bond acceptors (Lipinski definition) is 7. The highest BCUT2D eigenvalue weighted by Gasteiger charge is 2.10. The van der Waals surface area contributed by atoms with Crippen molar-refractivity contribution in [3.8, 4) is 5.95 Å². The van der Waals surface area contributed by atoms with Gasteiger partial charge in [-0.1, -0.05) is 0 Å². The van der Waals surface area contributed by atoms with E-state index in [9.17, 15) is 0 Å². The second-order valence-electron chi connectivity index (χ2n) is 3.46. The van der Waals surface area contributed by atoms with E-state index in [2.05, 4.69) is 25.0 Å². The van der Waals surface area contributed by atoms with Gasteiger partial charge in [-0.05, 0) is 11.6 Å². The highest BCUT2D eigenvalue weighted by atomic mass is 35.5. The van der Waals surface area contributed by atoms with Crippen molar-refractivity contribution in [1.82, 2.24) is 29.7 Å². The van der Waals surface area contributed by atoms with Crippen LogP contribution in [0.25, 0.3) is 5.95 Å². The third kappa shape index (κ3) is 2.90. The Balaban J connectivity index is 2.26. The molecule has 18 heavy (non-hydrogen) atoms. The lowest BCUT2D eigenvalue weighted by atomic mass is 10.6. The van der Waals surface area contributed by atoms with Crippen molar-refractivity contribution >= 4 is 17.5 Å². The standard InChI is InChI=1S/C9H12ClN7O/c1-16(3-4-18-2)8-13-7(10)14-9(15-8)17-6-11-5-12-17/h5-6H,3-4H2,1-2H3. The molecule has 2 aromatic rings. The van der Waals surface area contributed by atoms with E-state index in [1.165, 1.54) is 17.3 Å². The van der Waals surface area contributed by atoms with Crippen LogP contribution in [0.4, 0.5) is 5.95 Å². The van der Waals surface area contributed by atoms with E-state index in [4.69, 9.17) is 16.3 Å². The summed E-state index contributed by atoms with van der Waals surface area (Å²) in [6, 6.07) is 0. The lowest BCUT2D eigenvalue weighted by Gasteiger charge is -2.16. The van der Waals surface area contributed by atoms with Gasteiger partial charge >= 0.3 is 0 Å². The van der Waals surface area contributed by atoms with Gasteiger partial charge in [-0.15, -0.1) is 0 Å². The molecule has 0 bridgehead atoms. The fourth-order valence-electron chi connectivity index (χ4n) is 1.24. The van der Waals surface area contributed by atoms with Gasteiger partial charge in [0.15, 0.2) is 0 Å². The van der Waals surface area contributed by atoms with Gasteiger partial charge in [0.1, 0.15) is 12.7 Å². The second kappa shape index (κ2) is 5.69. The number of methoxy groups -OCH3 is 1. The summed E-state index contributed by atoms with van der Waals surface area (Å²) in [7, 11) is 3.48. The van der Waals surface area contributed by atoms with Crippen molar-refractivity contribution in [2.24, 2.45) is 0 Å². The minimum absolute atomic E-state index is 0.106. The molecule has 2 aromatic heterocycles. The van der Waals surface area contributed by atoms with Crippen molar-refractivity contribution in [3.63, 3.8) is 0 Å². The van der Waals surface area contributed by atoms with Crippen molar-refractivity contribution < 1.29 is 4.74 Å². The molecule has 0 saturated carbocycles. The molecule has 2 rings (SSSR count). The molecule has 0 aliphatic carbocycles. The lowest BCUT2D eigenvalue weighted by molar-refractivity contribution is 0.206. The summed E-state index contributed by atoms with van der Waals surface area (Å²) in [5.74, 6) is 0.782. The predicted molar refractivity (Wildman–Crippen MR) is 64.9 cm³/mol. The van der Waals surface area contributed by atoms with Crippen LogP contribution in [0.5, 0.6) is 0 Å². The molecule has 0 saturated heterocycles. The highest BCUT2D eigenvalue weighted by molar-refractivity contribution is 6.28. The maximum absolute atomic E-state index is 5.86. The first-order valence-electron chi connectivity index (χ1n) is 5.17. The second-order valence-corrected chi connectivity index (χ2v) is 3.80. The molecular formula is C9H12ClN7O. The Labute approximate surface area is 109 Å². The molecule has 0 atom stereocenters. The van der Waals surface area contributed by atoms with Crippen molar-refractivity contribution in [2.75, 3.05) is 32.2 Å². The van der Waals surface area contributed by atoms with Gasteiger partial charge in [-0.3, -0.25) is 0 Å². The quantitative estimate of drug-likeness (QED) is 0.766. The number of anilines is 1. The first-order valence-corrected chi connectivity index (χ1v) is 5.55. The molecule has 0 spiro atoms. The van der Waals surface area contributed by atoms with E-state index in [-0.39, 0.29) is 5.28 Å². The summed E-state index contributed by atoms with van der Waals surface area (Å²) in [6.07, 6.45) is 2.89. The van der Waals surface area contributed by atoms with Gasteiger partial charge in [0.2, 0.25) is 11.2 Å². The van der Waals surface area contributed by atoms with E-state index in [1.807, 2.05) is 11.9 Å².